The van der Waals surface area contributed by atoms with E-state index >= 15 is 0 Å². The van der Waals surface area contributed by atoms with Gasteiger partial charge in [0.1, 0.15) is 6.04 Å². The number of hydrogen-bond acceptors (Lipinski definition) is 4. The van der Waals surface area contributed by atoms with Crippen molar-refractivity contribution >= 4 is 11.8 Å². The van der Waals surface area contributed by atoms with E-state index in [1.165, 1.54) is 0 Å². The Balaban J connectivity index is 1.58. The first-order valence-electron chi connectivity index (χ1n) is 9.53. The maximum absolute atomic E-state index is 12.7. The van der Waals surface area contributed by atoms with E-state index in [1.54, 1.807) is 0 Å². The molecule has 2 saturated heterocycles. The maximum atomic E-state index is 12.7. The molecule has 0 bridgehead atoms. The van der Waals surface area contributed by atoms with Gasteiger partial charge in [-0.25, -0.2) is 0 Å². The normalized spacial score (nSPS) is 21.1. The molecule has 2 amide bonds. The fraction of sp³-hybridized carbons (Fsp3) is 0.600. The number of nitrogens with zero attached hydrogens (tertiary/aromatic N) is 2. The molecular formula is C20H29N3O3. The van der Waals surface area contributed by atoms with E-state index in [1.807, 2.05) is 40.1 Å². The Morgan fingerprint density at radius 1 is 1.19 bits per heavy atom. The Morgan fingerprint density at radius 2 is 1.88 bits per heavy atom. The van der Waals surface area contributed by atoms with E-state index in [4.69, 9.17) is 10.8 Å². The molecule has 1 atom stereocenters. The SMILES string of the molecule is NC(C(=O)N1CCC2(CCC(=O)N(CCCO)C2)CC1)c1ccccc1. The molecule has 26 heavy (non-hydrogen) atoms. The second-order valence-corrected chi connectivity index (χ2v) is 7.61. The van der Waals surface area contributed by atoms with Crippen molar-refractivity contribution in [2.75, 3.05) is 32.8 Å². The summed E-state index contributed by atoms with van der Waals surface area (Å²) in [4.78, 5) is 28.6. The molecule has 1 aromatic rings. The molecule has 1 unspecified atom stereocenters. The van der Waals surface area contributed by atoms with Crippen molar-refractivity contribution in [2.45, 2.75) is 38.1 Å². The van der Waals surface area contributed by atoms with Crippen LogP contribution in [0.15, 0.2) is 30.3 Å². The summed E-state index contributed by atoms with van der Waals surface area (Å²) in [5.41, 5.74) is 7.12. The smallest absolute Gasteiger partial charge is 0.244 e. The fourth-order valence-electron chi connectivity index (χ4n) is 4.18. The second-order valence-electron chi connectivity index (χ2n) is 7.61. The minimum absolute atomic E-state index is 0.0185. The number of likely N-dealkylation sites (tertiary alicyclic amines) is 2. The molecule has 0 aromatic heterocycles. The zero-order valence-corrected chi connectivity index (χ0v) is 15.3. The van der Waals surface area contributed by atoms with E-state index in [9.17, 15) is 9.59 Å². The molecule has 2 aliphatic heterocycles. The van der Waals surface area contributed by atoms with Crippen molar-refractivity contribution in [1.82, 2.24) is 9.80 Å². The first-order chi connectivity index (χ1) is 12.5. The average molecular weight is 359 g/mol. The standard InChI is InChI=1S/C20H29N3O3/c21-18(16-5-2-1-3-6-16)19(26)22-12-9-20(10-13-22)8-7-17(25)23(15-20)11-4-14-24/h1-3,5-6,18,24H,4,7-15,21H2. The van der Waals surface area contributed by atoms with E-state index < -0.39 is 6.04 Å². The predicted octanol–water partition coefficient (Wildman–Crippen LogP) is 1.30. The Hall–Kier alpha value is -1.92. The molecule has 2 heterocycles. The van der Waals surface area contributed by atoms with Crippen LogP contribution >= 0.6 is 0 Å². The molecule has 3 N–H and O–H groups in total. The van der Waals surface area contributed by atoms with Gasteiger partial charge < -0.3 is 20.6 Å². The topological polar surface area (TPSA) is 86.9 Å². The maximum Gasteiger partial charge on any atom is 0.244 e. The third-order valence-corrected chi connectivity index (χ3v) is 5.89. The highest BCUT2D eigenvalue weighted by molar-refractivity contribution is 5.83. The van der Waals surface area contributed by atoms with Crippen LogP contribution < -0.4 is 5.73 Å². The first-order valence-corrected chi connectivity index (χ1v) is 9.53. The number of rotatable bonds is 5. The molecule has 2 fully saturated rings. The van der Waals surface area contributed by atoms with Gasteiger partial charge in [0.2, 0.25) is 11.8 Å². The summed E-state index contributed by atoms with van der Waals surface area (Å²) >= 11 is 0. The van der Waals surface area contributed by atoms with Gasteiger partial charge >= 0.3 is 0 Å². The number of piperidine rings is 2. The molecular weight excluding hydrogens is 330 g/mol. The Kier molecular flexibility index (Phi) is 5.94. The van der Waals surface area contributed by atoms with Crippen molar-refractivity contribution in [3.05, 3.63) is 35.9 Å². The number of hydrogen-bond donors (Lipinski definition) is 2. The summed E-state index contributed by atoms with van der Waals surface area (Å²) in [5.74, 6) is 0.170. The highest BCUT2D eigenvalue weighted by atomic mass is 16.3. The van der Waals surface area contributed by atoms with Crippen molar-refractivity contribution in [3.63, 3.8) is 0 Å². The number of benzene rings is 1. The van der Waals surface area contributed by atoms with E-state index in [0.717, 1.165) is 31.4 Å². The summed E-state index contributed by atoms with van der Waals surface area (Å²) in [6, 6.07) is 8.87. The Morgan fingerprint density at radius 3 is 2.54 bits per heavy atom. The molecule has 6 heteroatoms. The molecule has 1 aromatic carbocycles. The zero-order valence-electron chi connectivity index (χ0n) is 15.3. The molecule has 6 nitrogen and oxygen atoms in total. The summed E-state index contributed by atoms with van der Waals surface area (Å²) in [7, 11) is 0. The number of aliphatic hydroxyl groups is 1. The Labute approximate surface area is 155 Å². The minimum Gasteiger partial charge on any atom is -0.396 e. The molecule has 3 rings (SSSR count). The van der Waals surface area contributed by atoms with Crippen molar-refractivity contribution in [2.24, 2.45) is 11.1 Å². The van der Waals surface area contributed by atoms with Crippen LogP contribution in [-0.2, 0) is 9.59 Å². The van der Waals surface area contributed by atoms with Crippen molar-refractivity contribution in [1.29, 1.82) is 0 Å². The monoisotopic (exact) mass is 359 g/mol. The third kappa shape index (κ3) is 4.07. The molecule has 0 saturated carbocycles. The first kappa shape index (κ1) is 18.9. The van der Waals surface area contributed by atoms with Crippen LogP contribution in [0.3, 0.4) is 0 Å². The van der Waals surface area contributed by atoms with Crippen LogP contribution in [-0.4, -0.2) is 59.5 Å². The summed E-state index contributed by atoms with van der Waals surface area (Å²) < 4.78 is 0. The number of carbonyl (C=O) groups is 2. The van der Waals surface area contributed by atoms with E-state index in [-0.39, 0.29) is 23.8 Å². The lowest BCUT2D eigenvalue weighted by Crippen LogP contribution is -2.53. The van der Waals surface area contributed by atoms with Crippen molar-refractivity contribution in [3.8, 4) is 0 Å². The van der Waals surface area contributed by atoms with Gasteiger partial charge in [0, 0.05) is 39.2 Å². The number of aliphatic hydroxyl groups excluding tert-OH is 1. The summed E-state index contributed by atoms with van der Waals surface area (Å²) in [6.45, 7) is 2.87. The fourth-order valence-corrected chi connectivity index (χ4v) is 4.18. The lowest BCUT2D eigenvalue weighted by molar-refractivity contribution is -0.143. The largest absolute Gasteiger partial charge is 0.396 e. The predicted molar refractivity (Wildman–Crippen MR) is 99.1 cm³/mol. The molecule has 1 spiro atoms. The number of carbonyl (C=O) groups excluding carboxylic acids is 2. The van der Waals surface area contributed by atoms with Crippen LogP contribution in [0.25, 0.3) is 0 Å². The molecule has 2 aliphatic rings. The van der Waals surface area contributed by atoms with Crippen LogP contribution in [0, 0.1) is 5.41 Å². The van der Waals surface area contributed by atoms with Gasteiger partial charge in [-0.1, -0.05) is 30.3 Å². The average Bonchev–Trinajstić information content (AvgIpc) is 2.69. The lowest BCUT2D eigenvalue weighted by Gasteiger charge is -2.47. The summed E-state index contributed by atoms with van der Waals surface area (Å²) in [6.07, 6.45) is 3.90. The Bertz CT molecular complexity index is 626. The number of nitrogens with two attached hydrogens (primary N) is 1. The highest BCUT2D eigenvalue weighted by Gasteiger charge is 2.42. The highest BCUT2D eigenvalue weighted by Crippen LogP contribution is 2.40. The van der Waals surface area contributed by atoms with E-state index in [0.29, 0.717) is 32.5 Å². The van der Waals surface area contributed by atoms with Crippen LogP contribution in [0.1, 0.15) is 43.7 Å². The second kappa shape index (κ2) is 8.18. The van der Waals surface area contributed by atoms with Crippen LogP contribution in [0.4, 0.5) is 0 Å². The van der Waals surface area contributed by atoms with Gasteiger partial charge in [-0.2, -0.15) is 0 Å². The van der Waals surface area contributed by atoms with Crippen molar-refractivity contribution < 1.29 is 14.7 Å². The lowest BCUT2D eigenvalue weighted by atomic mass is 9.72. The minimum atomic E-state index is -0.612. The zero-order chi connectivity index (χ0) is 18.6. The van der Waals surface area contributed by atoms with Crippen LogP contribution in [0.2, 0.25) is 0 Å². The van der Waals surface area contributed by atoms with Gasteiger partial charge in [0.15, 0.2) is 0 Å². The third-order valence-electron chi connectivity index (χ3n) is 5.89. The van der Waals surface area contributed by atoms with Gasteiger partial charge in [-0.3, -0.25) is 9.59 Å². The van der Waals surface area contributed by atoms with Crippen LogP contribution in [0.5, 0.6) is 0 Å². The number of amides is 2. The summed E-state index contributed by atoms with van der Waals surface area (Å²) in [5, 5.41) is 9.03. The molecule has 142 valence electrons. The van der Waals surface area contributed by atoms with Gasteiger partial charge in [-0.15, -0.1) is 0 Å². The van der Waals surface area contributed by atoms with Gasteiger partial charge in [0.05, 0.1) is 0 Å². The quantitative estimate of drug-likeness (QED) is 0.830. The van der Waals surface area contributed by atoms with Gasteiger partial charge in [0.25, 0.3) is 0 Å². The molecule has 0 radical (unpaired) electrons. The molecule has 0 aliphatic carbocycles. The van der Waals surface area contributed by atoms with E-state index in [2.05, 4.69) is 0 Å². The van der Waals surface area contributed by atoms with Gasteiger partial charge in [-0.05, 0) is 36.7 Å².